The number of nitrogens with zero attached hydrogens (tertiary/aromatic N) is 3. The topological polar surface area (TPSA) is 50.2 Å². The van der Waals surface area contributed by atoms with Crippen LogP contribution in [-0.2, 0) is 0 Å². The highest BCUT2D eigenvalue weighted by Crippen LogP contribution is 2.24. The third-order valence-corrected chi connectivity index (χ3v) is 6.38. The molecule has 1 N–H and O–H groups in total. The smallest absolute Gasteiger partial charge is 0.253 e. The molecule has 5 nitrogen and oxygen atoms in total. The van der Waals surface area contributed by atoms with Crippen molar-refractivity contribution in [1.82, 2.24) is 19.8 Å². The van der Waals surface area contributed by atoms with Gasteiger partial charge in [0.2, 0.25) is 0 Å². The molecule has 1 unspecified atom stereocenters. The number of aromatic nitrogens is 2. The molecule has 1 atom stereocenters. The summed E-state index contributed by atoms with van der Waals surface area (Å²) in [5.41, 5.74) is 3.92. The minimum absolute atomic E-state index is 0.0294. The first-order valence-electron chi connectivity index (χ1n) is 9.19. The van der Waals surface area contributed by atoms with Crippen LogP contribution in [0.5, 0.6) is 0 Å². The largest absolute Gasteiger partial charge is 0.350 e. The average molecular weight is 403 g/mol. The molecule has 0 spiro atoms. The van der Waals surface area contributed by atoms with Crippen molar-refractivity contribution >= 4 is 28.6 Å². The van der Waals surface area contributed by atoms with E-state index in [0.717, 1.165) is 29.6 Å². The van der Waals surface area contributed by atoms with Crippen molar-refractivity contribution in [3.8, 4) is 5.13 Å². The lowest BCUT2D eigenvalue weighted by molar-refractivity contribution is 0.0934. The normalized spacial score (nSPS) is 12.5. The minimum atomic E-state index is -0.0294. The highest BCUT2D eigenvalue weighted by molar-refractivity contribution is 7.12. The molecule has 0 saturated heterocycles. The van der Waals surface area contributed by atoms with E-state index >= 15 is 0 Å². The van der Waals surface area contributed by atoms with Gasteiger partial charge in [-0.1, -0.05) is 13.8 Å². The lowest BCUT2D eigenvalue weighted by Gasteiger charge is -2.29. The Balaban J connectivity index is 1.78. The third-order valence-electron chi connectivity index (χ3n) is 4.92. The van der Waals surface area contributed by atoms with Crippen LogP contribution in [0.15, 0.2) is 34.5 Å². The van der Waals surface area contributed by atoms with Crippen LogP contribution < -0.4 is 5.32 Å². The quantitative estimate of drug-likeness (QED) is 0.607. The Morgan fingerprint density at radius 3 is 2.67 bits per heavy atom. The number of rotatable bonds is 8. The number of nitrogens with one attached hydrogen (secondary N) is 1. The molecule has 3 aromatic rings. The minimum Gasteiger partial charge on any atom is -0.350 e. The molecule has 7 heteroatoms. The molecular weight excluding hydrogens is 376 g/mol. The van der Waals surface area contributed by atoms with Gasteiger partial charge in [0.25, 0.3) is 5.91 Å². The Bertz CT molecular complexity index is 864. The molecule has 0 aromatic carbocycles. The van der Waals surface area contributed by atoms with E-state index in [2.05, 4.69) is 45.9 Å². The number of hydrogen-bond acceptors (Lipinski definition) is 5. The fourth-order valence-electron chi connectivity index (χ4n) is 3.48. The number of aryl methyl sites for hydroxylation is 1. The zero-order valence-electron chi connectivity index (χ0n) is 16.2. The molecule has 3 rings (SSSR count). The second kappa shape index (κ2) is 8.82. The van der Waals surface area contributed by atoms with Crippen LogP contribution in [0.1, 0.15) is 47.2 Å². The second-order valence-corrected chi connectivity index (χ2v) is 8.09. The molecule has 0 aliphatic heterocycles. The molecule has 0 bridgehead atoms. The van der Waals surface area contributed by atoms with Gasteiger partial charge in [-0.25, -0.2) is 4.98 Å². The van der Waals surface area contributed by atoms with Crippen molar-refractivity contribution in [1.29, 1.82) is 0 Å². The summed E-state index contributed by atoms with van der Waals surface area (Å²) >= 11 is 3.27. The summed E-state index contributed by atoms with van der Waals surface area (Å²) < 4.78 is 2.04. The number of thiazole rings is 1. The molecule has 0 aliphatic carbocycles. The SMILES string of the molecule is CCN(CC)C(CNC(=O)c1cc(C)n(-c2nccs2)c1C)c1ccsc1. The lowest BCUT2D eigenvalue weighted by Crippen LogP contribution is -2.38. The van der Waals surface area contributed by atoms with E-state index < -0.39 is 0 Å². The molecule has 0 aliphatic rings. The van der Waals surface area contributed by atoms with E-state index in [0.29, 0.717) is 12.1 Å². The Kier molecular flexibility index (Phi) is 6.46. The molecule has 3 aromatic heterocycles. The van der Waals surface area contributed by atoms with Crippen LogP contribution in [0.3, 0.4) is 0 Å². The van der Waals surface area contributed by atoms with E-state index in [9.17, 15) is 4.79 Å². The van der Waals surface area contributed by atoms with E-state index in [1.807, 2.05) is 29.9 Å². The lowest BCUT2D eigenvalue weighted by atomic mass is 10.1. The monoisotopic (exact) mass is 402 g/mol. The maximum absolute atomic E-state index is 12.9. The predicted molar refractivity (Wildman–Crippen MR) is 113 cm³/mol. The Morgan fingerprint density at radius 2 is 2.07 bits per heavy atom. The summed E-state index contributed by atoms with van der Waals surface area (Å²) in [7, 11) is 0. The highest BCUT2D eigenvalue weighted by Gasteiger charge is 2.22. The molecule has 144 valence electrons. The van der Waals surface area contributed by atoms with Gasteiger partial charge in [-0.2, -0.15) is 11.3 Å². The van der Waals surface area contributed by atoms with Crippen LogP contribution in [0.25, 0.3) is 5.13 Å². The first kappa shape index (κ1) is 19.8. The number of carbonyl (C=O) groups excluding carboxylic acids is 1. The van der Waals surface area contributed by atoms with Gasteiger partial charge in [-0.05, 0) is 55.4 Å². The number of amides is 1. The maximum atomic E-state index is 12.9. The van der Waals surface area contributed by atoms with Crippen molar-refractivity contribution in [3.05, 3.63) is 57.0 Å². The van der Waals surface area contributed by atoms with Gasteiger partial charge >= 0.3 is 0 Å². The van der Waals surface area contributed by atoms with Crippen LogP contribution in [0.2, 0.25) is 0 Å². The van der Waals surface area contributed by atoms with Crippen molar-refractivity contribution < 1.29 is 4.79 Å². The van der Waals surface area contributed by atoms with Gasteiger partial charge in [0.05, 0.1) is 11.6 Å². The third kappa shape index (κ3) is 4.15. The summed E-state index contributed by atoms with van der Waals surface area (Å²) in [6, 6.07) is 4.29. The second-order valence-electron chi connectivity index (χ2n) is 6.44. The van der Waals surface area contributed by atoms with Crippen molar-refractivity contribution in [2.24, 2.45) is 0 Å². The van der Waals surface area contributed by atoms with Gasteiger partial charge in [-0.15, -0.1) is 11.3 Å². The number of likely N-dealkylation sites (N-methyl/N-ethyl adjacent to an activating group) is 1. The number of carbonyl (C=O) groups is 1. The molecule has 1 amide bonds. The summed E-state index contributed by atoms with van der Waals surface area (Å²) in [6.45, 7) is 10.8. The fourth-order valence-corrected chi connectivity index (χ4v) is 4.94. The number of thiophene rings is 1. The summed E-state index contributed by atoms with van der Waals surface area (Å²) in [5.74, 6) is -0.0294. The Morgan fingerprint density at radius 1 is 1.30 bits per heavy atom. The van der Waals surface area contributed by atoms with E-state index in [1.54, 1.807) is 28.9 Å². The zero-order chi connectivity index (χ0) is 19.4. The molecule has 0 radical (unpaired) electrons. The molecule has 3 heterocycles. The van der Waals surface area contributed by atoms with E-state index in [-0.39, 0.29) is 11.9 Å². The van der Waals surface area contributed by atoms with Crippen LogP contribution in [-0.4, -0.2) is 40.0 Å². The number of hydrogen-bond donors (Lipinski definition) is 1. The van der Waals surface area contributed by atoms with Gasteiger partial charge in [0.1, 0.15) is 0 Å². The Labute approximate surface area is 168 Å². The fraction of sp³-hybridized carbons (Fsp3) is 0.400. The maximum Gasteiger partial charge on any atom is 0.253 e. The first-order valence-corrected chi connectivity index (χ1v) is 11.0. The van der Waals surface area contributed by atoms with Gasteiger partial charge < -0.3 is 5.32 Å². The molecule has 0 fully saturated rings. The van der Waals surface area contributed by atoms with Crippen LogP contribution in [0, 0.1) is 13.8 Å². The van der Waals surface area contributed by atoms with Crippen LogP contribution >= 0.6 is 22.7 Å². The summed E-state index contributed by atoms with van der Waals surface area (Å²) in [4.78, 5) is 19.7. The van der Waals surface area contributed by atoms with E-state index in [4.69, 9.17) is 0 Å². The van der Waals surface area contributed by atoms with Crippen molar-refractivity contribution in [2.45, 2.75) is 33.7 Å². The van der Waals surface area contributed by atoms with Gasteiger partial charge in [0.15, 0.2) is 5.13 Å². The first-order chi connectivity index (χ1) is 13.1. The molecule has 0 saturated carbocycles. The van der Waals surface area contributed by atoms with Crippen LogP contribution in [0.4, 0.5) is 0 Å². The standard InChI is InChI=1S/C20H26N4OS2/c1-5-23(6-2)18(16-7-9-26-13-16)12-22-19(25)17-11-14(3)24(15(17)4)20-21-8-10-27-20/h7-11,13,18H,5-6,12H2,1-4H3,(H,22,25). The summed E-state index contributed by atoms with van der Waals surface area (Å²) in [6.07, 6.45) is 1.79. The highest BCUT2D eigenvalue weighted by atomic mass is 32.1. The zero-order valence-corrected chi connectivity index (χ0v) is 17.9. The van der Waals surface area contributed by atoms with E-state index in [1.165, 1.54) is 5.56 Å². The molecule has 27 heavy (non-hydrogen) atoms. The predicted octanol–water partition coefficient (Wildman–Crippen LogP) is 4.43. The van der Waals surface area contributed by atoms with Gasteiger partial charge in [0, 0.05) is 29.5 Å². The van der Waals surface area contributed by atoms with Crippen molar-refractivity contribution in [2.75, 3.05) is 19.6 Å². The van der Waals surface area contributed by atoms with Gasteiger partial charge in [-0.3, -0.25) is 14.3 Å². The van der Waals surface area contributed by atoms with Crippen molar-refractivity contribution in [3.63, 3.8) is 0 Å². The Hall–Kier alpha value is -1.96. The summed E-state index contributed by atoms with van der Waals surface area (Å²) in [5, 5.41) is 10.3. The average Bonchev–Trinajstić information content (AvgIpc) is 3.40. The molecular formula is C20H26N4OS2.